The Kier molecular flexibility index (Phi) is 3.67. The molecule has 2 rings (SSSR count). The van der Waals surface area contributed by atoms with E-state index in [2.05, 4.69) is 11.9 Å². The summed E-state index contributed by atoms with van der Waals surface area (Å²) in [5.41, 5.74) is 8.29. The monoisotopic (exact) mass is 245 g/mol. The number of hydrogen-bond donors (Lipinski definition) is 1. The van der Waals surface area contributed by atoms with Gasteiger partial charge in [-0.1, -0.05) is 13.0 Å². The molecule has 0 aliphatic rings. The predicted molar refractivity (Wildman–Crippen MR) is 72.7 cm³/mol. The summed E-state index contributed by atoms with van der Waals surface area (Å²) in [4.78, 5) is 6.34. The van der Waals surface area contributed by atoms with Crippen LogP contribution in [0, 0.1) is 0 Å². The number of pyridine rings is 1. The molecule has 4 heteroatoms. The van der Waals surface area contributed by atoms with Gasteiger partial charge in [0.1, 0.15) is 11.6 Å². The number of nitrogens with two attached hydrogens (primary N) is 1. The molecule has 0 bridgehead atoms. The van der Waals surface area contributed by atoms with Crippen molar-refractivity contribution in [2.24, 2.45) is 5.73 Å². The van der Waals surface area contributed by atoms with E-state index in [0.717, 1.165) is 29.1 Å². The van der Waals surface area contributed by atoms with Gasteiger partial charge in [-0.15, -0.1) is 0 Å². The summed E-state index contributed by atoms with van der Waals surface area (Å²) in [6.07, 6.45) is 4.36. The minimum absolute atomic E-state index is 0.178. The number of aromatic nitrogens is 1. The van der Waals surface area contributed by atoms with E-state index in [0.29, 0.717) is 0 Å². The van der Waals surface area contributed by atoms with Crippen LogP contribution in [0.3, 0.4) is 0 Å². The molecule has 18 heavy (non-hydrogen) atoms. The molecule has 2 aromatic rings. The maximum atomic E-state index is 6.25. The SMILES string of the molecule is CCc1occc1C(N)c1ccc(N(C)C)nc1. The minimum atomic E-state index is -0.178. The summed E-state index contributed by atoms with van der Waals surface area (Å²) in [5.74, 6) is 1.87. The van der Waals surface area contributed by atoms with Crippen molar-refractivity contribution < 1.29 is 4.42 Å². The molecule has 0 saturated carbocycles. The molecule has 0 aliphatic heterocycles. The van der Waals surface area contributed by atoms with Crippen LogP contribution in [0.5, 0.6) is 0 Å². The first kappa shape index (κ1) is 12.6. The summed E-state index contributed by atoms with van der Waals surface area (Å²) < 4.78 is 5.41. The first-order valence-electron chi connectivity index (χ1n) is 6.08. The molecule has 1 atom stereocenters. The number of furan rings is 1. The fourth-order valence-electron chi connectivity index (χ4n) is 1.94. The molecule has 2 heterocycles. The van der Waals surface area contributed by atoms with Crippen molar-refractivity contribution in [1.82, 2.24) is 4.98 Å². The second-order valence-corrected chi connectivity index (χ2v) is 4.47. The second kappa shape index (κ2) is 5.23. The Labute approximate surface area is 107 Å². The van der Waals surface area contributed by atoms with Crippen LogP contribution in [0.25, 0.3) is 0 Å². The van der Waals surface area contributed by atoms with Gasteiger partial charge in [0.25, 0.3) is 0 Å². The summed E-state index contributed by atoms with van der Waals surface area (Å²) in [7, 11) is 3.93. The fourth-order valence-corrected chi connectivity index (χ4v) is 1.94. The van der Waals surface area contributed by atoms with E-state index in [1.807, 2.05) is 43.4 Å². The van der Waals surface area contributed by atoms with Crippen LogP contribution in [0.2, 0.25) is 0 Å². The molecular formula is C14H19N3O. The average molecular weight is 245 g/mol. The van der Waals surface area contributed by atoms with Crippen LogP contribution in [-0.2, 0) is 6.42 Å². The Balaban J connectivity index is 2.26. The lowest BCUT2D eigenvalue weighted by molar-refractivity contribution is 0.509. The van der Waals surface area contributed by atoms with Gasteiger partial charge in [-0.25, -0.2) is 4.98 Å². The van der Waals surface area contributed by atoms with Gasteiger partial charge in [0.05, 0.1) is 12.3 Å². The average Bonchev–Trinajstić information content (AvgIpc) is 2.86. The van der Waals surface area contributed by atoms with E-state index in [4.69, 9.17) is 10.2 Å². The van der Waals surface area contributed by atoms with Crippen molar-refractivity contribution >= 4 is 5.82 Å². The molecule has 0 saturated heterocycles. The molecule has 96 valence electrons. The van der Waals surface area contributed by atoms with Crippen LogP contribution >= 0.6 is 0 Å². The van der Waals surface area contributed by atoms with E-state index in [-0.39, 0.29) is 6.04 Å². The molecule has 0 radical (unpaired) electrons. The minimum Gasteiger partial charge on any atom is -0.469 e. The lowest BCUT2D eigenvalue weighted by atomic mass is 10.0. The standard InChI is InChI=1S/C14H19N3O/c1-4-12-11(7-8-18-12)14(15)10-5-6-13(16-9-10)17(2)3/h5-9,14H,4,15H2,1-3H3. The molecular weight excluding hydrogens is 226 g/mol. The van der Waals surface area contributed by atoms with Gasteiger partial charge in [-0.3, -0.25) is 0 Å². The van der Waals surface area contributed by atoms with Gasteiger partial charge in [-0.2, -0.15) is 0 Å². The molecule has 2 aromatic heterocycles. The number of nitrogens with zero attached hydrogens (tertiary/aromatic N) is 2. The highest BCUT2D eigenvalue weighted by Crippen LogP contribution is 2.24. The van der Waals surface area contributed by atoms with Gasteiger partial charge >= 0.3 is 0 Å². The highest BCUT2D eigenvalue weighted by atomic mass is 16.3. The first-order chi connectivity index (χ1) is 8.63. The lowest BCUT2D eigenvalue weighted by Gasteiger charge is -2.14. The Morgan fingerprint density at radius 3 is 2.67 bits per heavy atom. The highest BCUT2D eigenvalue weighted by Gasteiger charge is 2.15. The number of anilines is 1. The van der Waals surface area contributed by atoms with E-state index in [1.54, 1.807) is 6.26 Å². The van der Waals surface area contributed by atoms with Crippen molar-refractivity contribution in [3.63, 3.8) is 0 Å². The van der Waals surface area contributed by atoms with Crippen molar-refractivity contribution in [2.75, 3.05) is 19.0 Å². The number of aryl methyl sites for hydroxylation is 1. The number of rotatable bonds is 4. The van der Waals surface area contributed by atoms with Crippen LogP contribution in [0.15, 0.2) is 35.1 Å². The summed E-state index contributed by atoms with van der Waals surface area (Å²) in [6.45, 7) is 2.06. The summed E-state index contributed by atoms with van der Waals surface area (Å²) in [5, 5.41) is 0. The van der Waals surface area contributed by atoms with Crippen LogP contribution in [-0.4, -0.2) is 19.1 Å². The molecule has 1 unspecified atom stereocenters. The van der Waals surface area contributed by atoms with E-state index in [1.165, 1.54) is 0 Å². The van der Waals surface area contributed by atoms with Gasteiger partial charge in [0, 0.05) is 32.3 Å². The Morgan fingerprint density at radius 1 is 1.33 bits per heavy atom. The zero-order chi connectivity index (χ0) is 13.1. The third-order valence-corrected chi connectivity index (χ3v) is 3.02. The molecule has 0 aromatic carbocycles. The van der Waals surface area contributed by atoms with Crippen LogP contribution < -0.4 is 10.6 Å². The molecule has 0 fully saturated rings. The predicted octanol–water partition coefficient (Wildman–Crippen LogP) is 2.35. The summed E-state index contributed by atoms with van der Waals surface area (Å²) >= 11 is 0. The molecule has 2 N–H and O–H groups in total. The zero-order valence-corrected chi connectivity index (χ0v) is 11.1. The molecule has 0 aliphatic carbocycles. The second-order valence-electron chi connectivity index (χ2n) is 4.47. The number of hydrogen-bond acceptors (Lipinski definition) is 4. The van der Waals surface area contributed by atoms with Crippen LogP contribution in [0.4, 0.5) is 5.82 Å². The lowest BCUT2D eigenvalue weighted by Crippen LogP contribution is -2.15. The quantitative estimate of drug-likeness (QED) is 0.898. The third kappa shape index (κ3) is 2.38. The maximum absolute atomic E-state index is 6.25. The third-order valence-electron chi connectivity index (χ3n) is 3.02. The first-order valence-corrected chi connectivity index (χ1v) is 6.08. The van der Waals surface area contributed by atoms with Gasteiger partial charge in [-0.05, 0) is 17.7 Å². The van der Waals surface area contributed by atoms with Gasteiger partial charge in [0.15, 0.2) is 0 Å². The normalized spacial score (nSPS) is 12.4. The highest BCUT2D eigenvalue weighted by molar-refractivity contribution is 5.40. The zero-order valence-electron chi connectivity index (χ0n) is 11.1. The fraction of sp³-hybridized carbons (Fsp3) is 0.357. The topological polar surface area (TPSA) is 55.3 Å². The molecule has 4 nitrogen and oxygen atoms in total. The Morgan fingerprint density at radius 2 is 2.11 bits per heavy atom. The van der Waals surface area contributed by atoms with Crippen molar-refractivity contribution in [3.05, 3.63) is 47.5 Å². The van der Waals surface area contributed by atoms with Crippen molar-refractivity contribution in [2.45, 2.75) is 19.4 Å². The van der Waals surface area contributed by atoms with Crippen LogP contribution in [0.1, 0.15) is 29.9 Å². The summed E-state index contributed by atoms with van der Waals surface area (Å²) in [6, 6.07) is 5.74. The Hall–Kier alpha value is -1.81. The molecule has 0 amide bonds. The largest absolute Gasteiger partial charge is 0.469 e. The van der Waals surface area contributed by atoms with E-state index < -0.39 is 0 Å². The van der Waals surface area contributed by atoms with Crippen molar-refractivity contribution in [3.8, 4) is 0 Å². The van der Waals surface area contributed by atoms with E-state index >= 15 is 0 Å². The smallest absolute Gasteiger partial charge is 0.127 e. The Bertz CT molecular complexity index is 502. The van der Waals surface area contributed by atoms with Crippen molar-refractivity contribution in [1.29, 1.82) is 0 Å². The van der Waals surface area contributed by atoms with E-state index in [9.17, 15) is 0 Å². The van der Waals surface area contributed by atoms with Gasteiger partial charge in [0.2, 0.25) is 0 Å². The van der Waals surface area contributed by atoms with Gasteiger partial charge < -0.3 is 15.1 Å². The maximum Gasteiger partial charge on any atom is 0.127 e. The molecule has 0 spiro atoms.